The number of carbonyl (C=O) groups excluding carboxylic acids is 2. The molecule has 24 heavy (non-hydrogen) atoms. The van der Waals surface area contributed by atoms with Gasteiger partial charge in [-0.3, -0.25) is 9.59 Å². The van der Waals surface area contributed by atoms with Crippen molar-refractivity contribution in [1.29, 1.82) is 0 Å². The average Bonchev–Trinajstić information content (AvgIpc) is 2.50. The zero-order valence-corrected chi connectivity index (χ0v) is 13.7. The van der Waals surface area contributed by atoms with E-state index in [0.29, 0.717) is 6.61 Å². The number of hydrogen-bond acceptors (Lipinski definition) is 3. The second-order valence-corrected chi connectivity index (χ2v) is 7.15. The number of ether oxygens (including phenoxy) is 1. The number of halogens is 2. The van der Waals surface area contributed by atoms with Crippen molar-refractivity contribution >= 4 is 23.2 Å². The Labute approximate surface area is 139 Å². The number of nitrogens with zero attached hydrogens (tertiary/aromatic N) is 1. The van der Waals surface area contributed by atoms with Gasteiger partial charge in [0.25, 0.3) is 0 Å². The standard InChI is InChI=1S/C17H20F2N2O3/c1-17(2)4-3-10(24-9-17)5-16(23)21-8-15(22)20-13-6-11(18)12(19)7-14(13)21/h6-7,10H,3-5,8-9H2,1-2H3,(H,20,22). The van der Waals surface area contributed by atoms with Crippen LogP contribution in [0.2, 0.25) is 0 Å². The lowest BCUT2D eigenvalue weighted by Gasteiger charge is -2.35. The molecule has 1 aromatic carbocycles. The van der Waals surface area contributed by atoms with Gasteiger partial charge in [0.1, 0.15) is 6.54 Å². The first kappa shape index (κ1) is 16.8. The molecule has 3 rings (SSSR count). The number of carbonyl (C=O) groups is 2. The van der Waals surface area contributed by atoms with Crippen LogP contribution in [-0.4, -0.2) is 31.1 Å². The molecule has 2 heterocycles. The van der Waals surface area contributed by atoms with E-state index in [1.165, 1.54) is 4.90 Å². The van der Waals surface area contributed by atoms with Gasteiger partial charge in [-0.05, 0) is 18.3 Å². The summed E-state index contributed by atoms with van der Waals surface area (Å²) in [6.45, 7) is 4.57. The molecule has 130 valence electrons. The summed E-state index contributed by atoms with van der Waals surface area (Å²) >= 11 is 0. The summed E-state index contributed by atoms with van der Waals surface area (Å²) in [7, 11) is 0. The topological polar surface area (TPSA) is 58.6 Å². The van der Waals surface area contributed by atoms with E-state index in [4.69, 9.17) is 4.74 Å². The van der Waals surface area contributed by atoms with Crippen molar-refractivity contribution in [2.75, 3.05) is 23.4 Å². The second kappa shape index (κ2) is 6.12. The number of rotatable bonds is 2. The Balaban J connectivity index is 1.76. The molecule has 7 heteroatoms. The monoisotopic (exact) mass is 338 g/mol. The normalized spacial score (nSPS) is 22.8. The molecule has 1 unspecified atom stereocenters. The molecule has 0 aliphatic carbocycles. The fourth-order valence-electron chi connectivity index (χ4n) is 3.02. The van der Waals surface area contributed by atoms with E-state index in [0.717, 1.165) is 25.0 Å². The third-order valence-electron chi connectivity index (χ3n) is 4.46. The lowest BCUT2D eigenvalue weighted by molar-refractivity contribution is -0.126. The smallest absolute Gasteiger partial charge is 0.244 e. The Bertz CT molecular complexity index is 681. The van der Waals surface area contributed by atoms with Gasteiger partial charge in [-0.1, -0.05) is 13.8 Å². The van der Waals surface area contributed by atoms with Gasteiger partial charge in [-0.15, -0.1) is 0 Å². The van der Waals surface area contributed by atoms with Crippen molar-refractivity contribution in [3.8, 4) is 0 Å². The zero-order chi connectivity index (χ0) is 17.5. The number of benzene rings is 1. The molecule has 1 aromatic rings. The first-order valence-corrected chi connectivity index (χ1v) is 7.96. The molecule has 1 atom stereocenters. The Morgan fingerprint density at radius 1 is 1.38 bits per heavy atom. The SMILES string of the molecule is CC1(C)CCC(CC(=O)N2CC(=O)Nc3cc(F)c(F)cc32)OC1. The highest BCUT2D eigenvalue weighted by Gasteiger charge is 2.33. The molecule has 0 aromatic heterocycles. The molecular formula is C17H20F2N2O3. The third kappa shape index (κ3) is 3.40. The number of hydrogen-bond donors (Lipinski definition) is 1. The maximum atomic E-state index is 13.5. The highest BCUT2D eigenvalue weighted by atomic mass is 19.2. The minimum absolute atomic E-state index is 0.0951. The van der Waals surface area contributed by atoms with Gasteiger partial charge in [0.15, 0.2) is 11.6 Å². The van der Waals surface area contributed by atoms with Crippen molar-refractivity contribution in [3.05, 3.63) is 23.8 Å². The van der Waals surface area contributed by atoms with Gasteiger partial charge < -0.3 is 15.0 Å². The maximum absolute atomic E-state index is 13.5. The Kier molecular flexibility index (Phi) is 4.29. The van der Waals surface area contributed by atoms with Gasteiger partial charge >= 0.3 is 0 Å². The Hall–Kier alpha value is -2.02. The predicted molar refractivity (Wildman–Crippen MR) is 84.7 cm³/mol. The maximum Gasteiger partial charge on any atom is 0.244 e. The van der Waals surface area contributed by atoms with Crippen LogP contribution in [0.15, 0.2) is 12.1 Å². The fraction of sp³-hybridized carbons (Fsp3) is 0.529. The first-order chi connectivity index (χ1) is 11.2. The molecule has 2 aliphatic heterocycles. The number of amides is 2. The molecule has 2 aliphatic rings. The highest BCUT2D eigenvalue weighted by Crippen LogP contribution is 2.34. The summed E-state index contributed by atoms with van der Waals surface area (Å²) in [5, 5.41) is 2.46. The van der Waals surface area contributed by atoms with Crippen LogP contribution in [0.3, 0.4) is 0 Å². The Morgan fingerprint density at radius 2 is 2.08 bits per heavy atom. The van der Waals surface area contributed by atoms with E-state index in [1.54, 1.807) is 0 Å². The van der Waals surface area contributed by atoms with Gasteiger partial charge in [0.2, 0.25) is 11.8 Å². The van der Waals surface area contributed by atoms with Crippen molar-refractivity contribution < 1.29 is 23.1 Å². The molecule has 1 fully saturated rings. The molecule has 1 N–H and O–H groups in total. The molecule has 5 nitrogen and oxygen atoms in total. The quantitative estimate of drug-likeness (QED) is 0.902. The van der Waals surface area contributed by atoms with E-state index < -0.39 is 17.5 Å². The van der Waals surface area contributed by atoms with E-state index in [2.05, 4.69) is 19.2 Å². The van der Waals surface area contributed by atoms with E-state index in [-0.39, 0.29) is 41.8 Å². The van der Waals surface area contributed by atoms with E-state index >= 15 is 0 Å². The van der Waals surface area contributed by atoms with Crippen molar-refractivity contribution in [2.24, 2.45) is 5.41 Å². The lowest BCUT2D eigenvalue weighted by Crippen LogP contribution is -2.44. The van der Waals surface area contributed by atoms with Crippen LogP contribution in [0.1, 0.15) is 33.1 Å². The predicted octanol–water partition coefficient (Wildman–Crippen LogP) is 2.85. The summed E-state index contributed by atoms with van der Waals surface area (Å²) in [6, 6.07) is 1.83. The molecule has 0 bridgehead atoms. The van der Waals surface area contributed by atoms with Crippen LogP contribution in [0, 0.1) is 17.0 Å². The van der Waals surface area contributed by atoms with Crippen LogP contribution < -0.4 is 10.2 Å². The average molecular weight is 338 g/mol. The molecule has 1 saturated heterocycles. The minimum atomic E-state index is -1.07. The summed E-state index contributed by atoms with van der Waals surface area (Å²) in [5.74, 6) is -2.89. The molecule has 0 spiro atoms. The lowest BCUT2D eigenvalue weighted by atomic mass is 9.85. The van der Waals surface area contributed by atoms with Gasteiger partial charge in [-0.2, -0.15) is 0 Å². The van der Waals surface area contributed by atoms with E-state index in [9.17, 15) is 18.4 Å². The summed E-state index contributed by atoms with van der Waals surface area (Å²) in [4.78, 5) is 25.5. The van der Waals surface area contributed by atoms with Gasteiger partial charge in [0, 0.05) is 12.1 Å². The number of fused-ring (bicyclic) bond motifs is 1. The van der Waals surface area contributed by atoms with E-state index in [1.807, 2.05) is 0 Å². The van der Waals surface area contributed by atoms with Crippen molar-refractivity contribution in [2.45, 2.75) is 39.2 Å². The summed E-state index contributed by atoms with van der Waals surface area (Å²) in [6.07, 6.45) is 1.59. The third-order valence-corrected chi connectivity index (χ3v) is 4.46. The molecule has 0 radical (unpaired) electrons. The van der Waals surface area contributed by atoms with Crippen molar-refractivity contribution in [1.82, 2.24) is 0 Å². The van der Waals surface area contributed by atoms with Gasteiger partial charge in [0.05, 0.1) is 30.5 Å². The van der Waals surface area contributed by atoms with Crippen LogP contribution >= 0.6 is 0 Å². The minimum Gasteiger partial charge on any atom is -0.377 e. The first-order valence-electron chi connectivity index (χ1n) is 7.96. The fourth-order valence-corrected chi connectivity index (χ4v) is 3.02. The molecule has 0 saturated carbocycles. The molecule has 2 amide bonds. The van der Waals surface area contributed by atoms with Crippen LogP contribution in [-0.2, 0) is 14.3 Å². The van der Waals surface area contributed by atoms with Gasteiger partial charge in [-0.25, -0.2) is 8.78 Å². The Morgan fingerprint density at radius 3 is 2.75 bits per heavy atom. The van der Waals surface area contributed by atoms with Crippen LogP contribution in [0.25, 0.3) is 0 Å². The number of nitrogens with one attached hydrogen (secondary N) is 1. The summed E-state index contributed by atoms with van der Waals surface area (Å²) in [5.41, 5.74) is 0.372. The highest BCUT2D eigenvalue weighted by molar-refractivity contribution is 6.10. The molecular weight excluding hydrogens is 318 g/mol. The number of anilines is 2. The van der Waals surface area contributed by atoms with Crippen molar-refractivity contribution in [3.63, 3.8) is 0 Å². The van der Waals surface area contributed by atoms with Crippen LogP contribution in [0.5, 0.6) is 0 Å². The summed E-state index contributed by atoms with van der Waals surface area (Å²) < 4.78 is 32.6. The second-order valence-electron chi connectivity index (χ2n) is 7.15. The largest absolute Gasteiger partial charge is 0.377 e. The van der Waals surface area contributed by atoms with Crippen LogP contribution in [0.4, 0.5) is 20.2 Å². The zero-order valence-electron chi connectivity index (χ0n) is 13.7.